The van der Waals surface area contributed by atoms with E-state index in [2.05, 4.69) is 27.2 Å². The first-order valence-corrected chi connectivity index (χ1v) is 8.68. The maximum absolute atomic E-state index is 5.46. The van der Waals surface area contributed by atoms with E-state index >= 15 is 0 Å². The van der Waals surface area contributed by atoms with Crippen molar-refractivity contribution >= 4 is 11.9 Å². The van der Waals surface area contributed by atoms with Crippen LogP contribution in [-0.4, -0.2) is 59.6 Å². The van der Waals surface area contributed by atoms with Crippen LogP contribution in [0.4, 0.5) is 0 Å². The summed E-state index contributed by atoms with van der Waals surface area (Å²) in [6.45, 7) is 9.04. The van der Waals surface area contributed by atoms with Crippen LogP contribution in [0.3, 0.4) is 0 Å². The highest BCUT2D eigenvalue weighted by Gasteiger charge is 2.53. The second kappa shape index (κ2) is 5.54. The second-order valence-electron chi connectivity index (χ2n) is 6.72. The highest BCUT2D eigenvalue weighted by Crippen LogP contribution is 2.45. The fraction of sp³-hybridized carbons (Fsp3) is 0.688. The van der Waals surface area contributed by atoms with Crippen LogP contribution in [0.1, 0.15) is 18.5 Å². The van der Waals surface area contributed by atoms with E-state index in [4.69, 9.17) is 4.74 Å². The molecule has 4 rings (SSSR count). The predicted molar refractivity (Wildman–Crippen MR) is 84.3 cm³/mol. The van der Waals surface area contributed by atoms with E-state index in [0.29, 0.717) is 5.41 Å². The lowest BCUT2D eigenvalue weighted by Crippen LogP contribution is -2.72. The topological polar surface area (TPSA) is 28.6 Å². The average molecular weight is 305 g/mol. The summed E-state index contributed by atoms with van der Waals surface area (Å²) in [5, 5.41) is 0. The monoisotopic (exact) mass is 305 g/mol. The quantitative estimate of drug-likeness (QED) is 0.799. The van der Waals surface area contributed by atoms with Gasteiger partial charge in [-0.05, 0) is 43.8 Å². The lowest BCUT2D eigenvalue weighted by atomic mass is 9.73. The Morgan fingerprint density at radius 1 is 1.24 bits per heavy atom. The molecule has 4 nitrogen and oxygen atoms in total. The van der Waals surface area contributed by atoms with Crippen LogP contribution in [0.15, 0.2) is 23.2 Å². The first kappa shape index (κ1) is 14.0. The molecule has 1 aromatic rings. The smallest absolute Gasteiger partial charge is 0.0521 e. The lowest BCUT2D eigenvalue weighted by Gasteiger charge is -2.62. The summed E-state index contributed by atoms with van der Waals surface area (Å²) in [5.41, 5.74) is 1.72. The van der Waals surface area contributed by atoms with E-state index in [-0.39, 0.29) is 0 Å². The minimum absolute atomic E-state index is 0.585. The summed E-state index contributed by atoms with van der Waals surface area (Å²) in [6, 6.07) is 4.99. The molecule has 0 aromatic carbocycles. The molecule has 3 saturated heterocycles. The predicted octanol–water partition coefficient (Wildman–Crippen LogP) is 2.19. The second-order valence-corrected chi connectivity index (χ2v) is 7.86. The Hall–Kier alpha value is -0.620. The Balaban J connectivity index is 1.26. The van der Waals surface area contributed by atoms with Crippen LogP contribution in [-0.2, 0) is 4.74 Å². The van der Waals surface area contributed by atoms with Gasteiger partial charge in [0.25, 0.3) is 0 Å². The van der Waals surface area contributed by atoms with Crippen LogP contribution in [0.2, 0.25) is 0 Å². The van der Waals surface area contributed by atoms with E-state index in [0.717, 1.165) is 24.9 Å². The van der Waals surface area contributed by atoms with Gasteiger partial charge in [0, 0.05) is 61.9 Å². The molecular weight excluding hydrogens is 282 g/mol. The van der Waals surface area contributed by atoms with Crippen molar-refractivity contribution in [3.63, 3.8) is 0 Å². The van der Waals surface area contributed by atoms with Crippen LogP contribution < -0.4 is 0 Å². The minimum atomic E-state index is 0.585. The number of hydrogen-bond acceptors (Lipinski definition) is 5. The number of hydrogen-bond donors (Lipinski definition) is 0. The van der Waals surface area contributed by atoms with Crippen molar-refractivity contribution in [1.82, 2.24) is 14.2 Å². The fourth-order valence-corrected chi connectivity index (χ4v) is 5.07. The van der Waals surface area contributed by atoms with E-state index < -0.39 is 0 Å². The lowest BCUT2D eigenvalue weighted by molar-refractivity contribution is -0.113. The van der Waals surface area contributed by atoms with Gasteiger partial charge in [-0.15, -0.1) is 0 Å². The molecule has 1 spiro atoms. The molecule has 21 heavy (non-hydrogen) atoms. The number of nitrogens with zero attached hydrogens (tertiary/aromatic N) is 3. The Morgan fingerprint density at radius 2 is 2.00 bits per heavy atom. The molecule has 0 saturated carbocycles. The van der Waals surface area contributed by atoms with Gasteiger partial charge in [-0.3, -0.25) is 9.88 Å². The van der Waals surface area contributed by atoms with Crippen molar-refractivity contribution in [2.75, 3.05) is 39.4 Å². The zero-order valence-electron chi connectivity index (χ0n) is 12.6. The van der Waals surface area contributed by atoms with Crippen molar-refractivity contribution in [3.8, 4) is 0 Å². The van der Waals surface area contributed by atoms with Gasteiger partial charge in [-0.2, -0.15) is 0 Å². The van der Waals surface area contributed by atoms with E-state index in [1.807, 2.05) is 24.2 Å². The third-order valence-electron chi connectivity index (χ3n) is 4.99. The standard InChI is InChI=1S/C16H23N3OS/c1-13-15(3-2-6-17-13)21-19-11-16(12-19)9-18(10-16)14-4-7-20-8-5-14/h2-3,6,14H,4-5,7-12H2,1H3. The Labute approximate surface area is 131 Å². The molecule has 5 heteroatoms. The summed E-state index contributed by atoms with van der Waals surface area (Å²) in [5.74, 6) is 0. The van der Waals surface area contributed by atoms with Crippen molar-refractivity contribution in [1.29, 1.82) is 0 Å². The highest BCUT2D eigenvalue weighted by molar-refractivity contribution is 7.97. The van der Waals surface area contributed by atoms with Crippen molar-refractivity contribution in [2.45, 2.75) is 30.7 Å². The molecule has 4 heterocycles. The molecule has 0 amide bonds. The third kappa shape index (κ3) is 2.72. The Bertz CT molecular complexity index is 504. The largest absolute Gasteiger partial charge is 0.381 e. The Kier molecular flexibility index (Phi) is 3.69. The van der Waals surface area contributed by atoms with Crippen molar-refractivity contribution < 1.29 is 4.74 Å². The van der Waals surface area contributed by atoms with Crippen LogP contribution in [0, 0.1) is 12.3 Å². The number of ether oxygens (including phenoxy) is 1. The first-order chi connectivity index (χ1) is 10.2. The van der Waals surface area contributed by atoms with Crippen LogP contribution in [0.5, 0.6) is 0 Å². The molecule has 1 aromatic heterocycles. The van der Waals surface area contributed by atoms with Crippen molar-refractivity contribution in [2.24, 2.45) is 5.41 Å². The van der Waals surface area contributed by atoms with Gasteiger partial charge < -0.3 is 4.74 Å². The maximum Gasteiger partial charge on any atom is 0.0521 e. The zero-order chi connectivity index (χ0) is 14.3. The van der Waals surface area contributed by atoms with Gasteiger partial charge in [0.05, 0.1) is 5.69 Å². The molecular formula is C16H23N3OS. The van der Waals surface area contributed by atoms with Gasteiger partial charge >= 0.3 is 0 Å². The van der Waals surface area contributed by atoms with E-state index in [1.54, 1.807) is 0 Å². The van der Waals surface area contributed by atoms with E-state index in [9.17, 15) is 0 Å². The zero-order valence-corrected chi connectivity index (χ0v) is 13.4. The first-order valence-electron chi connectivity index (χ1n) is 7.91. The van der Waals surface area contributed by atoms with Crippen LogP contribution >= 0.6 is 11.9 Å². The summed E-state index contributed by atoms with van der Waals surface area (Å²) in [4.78, 5) is 8.35. The average Bonchev–Trinajstić information content (AvgIpc) is 2.43. The summed E-state index contributed by atoms with van der Waals surface area (Å²) >= 11 is 1.88. The molecule has 0 N–H and O–H groups in total. The van der Waals surface area contributed by atoms with Gasteiger partial charge in [-0.1, -0.05) is 0 Å². The number of rotatable bonds is 3. The third-order valence-corrected chi connectivity index (χ3v) is 6.14. The molecule has 3 aliphatic heterocycles. The summed E-state index contributed by atoms with van der Waals surface area (Å²) in [7, 11) is 0. The molecule has 114 valence electrons. The molecule has 3 aliphatic rings. The molecule has 0 aliphatic carbocycles. The number of pyridine rings is 1. The summed E-state index contributed by atoms with van der Waals surface area (Å²) < 4.78 is 7.95. The van der Waals surface area contributed by atoms with Crippen LogP contribution in [0.25, 0.3) is 0 Å². The van der Waals surface area contributed by atoms with Gasteiger partial charge in [0.1, 0.15) is 0 Å². The number of aromatic nitrogens is 1. The van der Waals surface area contributed by atoms with Gasteiger partial charge in [0.2, 0.25) is 0 Å². The molecule has 3 fully saturated rings. The molecule has 0 bridgehead atoms. The molecule has 0 radical (unpaired) electrons. The fourth-order valence-electron chi connectivity index (χ4n) is 3.80. The summed E-state index contributed by atoms with van der Waals surface area (Å²) in [6.07, 6.45) is 4.32. The maximum atomic E-state index is 5.46. The normalized spacial score (nSPS) is 26.5. The number of likely N-dealkylation sites (tertiary alicyclic amines) is 1. The number of aryl methyl sites for hydroxylation is 1. The minimum Gasteiger partial charge on any atom is -0.381 e. The molecule has 0 unspecified atom stereocenters. The van der Waals surface area contributed by atoms with Gasteiger partial charge in [0.15, 0.2) is 0 Å². The molecule has 0 atom stereocenters. The highest BCUT2D eigenvalue weighted by atomic mass is 32.2. The van der Waals surface area contributed by atoms with Gasteiger partial charge in [-0.25, -0.2) is 4.31 Å². The SMILES string of the molecule is Cc1ncccc1SN1CC2(C1)CN(C1CCOCC1)C2. The van der Waals surface area contributed by atoms with E-state index in [1.165, 1.54) is 43.9 Å². The van der Waals surface area contributed by atoms with Crippen molar-refractivity contribution in [3.05, 3.63) is 24.0 Å². The Morgan fingerprint density at radius 3 is 2.71 bits per heavy atom.